The number of hydrogen-bond donors (Lipinski definition) is 0. The Labute approximate surface area is 195 Å². The molecule has 0 saturated carbocycles. The van der Waals surface area contributed by atoms with Gasteiger partial charge in [0.1, 0.15) is 5.69 Å². The molecule has 1 aliphatic heterocycles. The quantitative estimate of drug-likeness (QED) is 0.369. The van der Waals surface area contributed by atoms with E-state index in [1.807, 2.05) is 0 Å². The summed E-state index contributed by atoms with van der Waals surface area (Å²) in [6.45, 7) is 7.01. The van der Waals surface area contributed by atoms with Gasteiger partial charge in [-0.05, 0) is 25.0 Å². The number of likely N-dealkylation sites (N-methyl/N-ethyl adjacent to an activating group) is 1. The third-order valence-electron chi connectivity index (χ3n) is 2.82. The zero-order valence-electron chi connectivity index (χ0n) is 15.3. The number of hydrogen-bond acceptors (Lipinski definition) is 9. The van der Waals surface area contributed by atoms with E-state index in [-0.39, 0.29) is 59.1 Å². The average molecular weight is 387 g/mol. The van der Waals surface area contributed by atoms with Gasteiger partial charge in [0, 0.05) is 13.1 Å². The molecule has 0 spiro atoms. The Morgan fingerprint density at radius 1 is 1.28 bits per heavy atom. The van der Waals surface area contributed by atoms with Gasteiger partial charge in [0.05, 0.1) is 30.3 Å². The monoisotopic (exact) mass is 387 g/mol. The molecule has 0 saturated heterocycles. The maximum atomic E-state index is 8.93. The van der Waals surface area contributed by atoms with Crippen molar-refractivity contribution < 1.29 is 83.7 Å². The Morgan fingerprint density at radius 2 is 1.88 bits per heavy atom. The fraction of sp³-hybridized carbons (Fsp3) is 0.571. The Kier molecular flexibility index (Phi) is 15.4. The topological polar surface area (TPSA) is 119 Å². The van der Waals surface area contributed by atoms with Gasteiger partial charge < -0.3 is 29.4 Å². The Bertz CT molecular complexity index is 569. The summed E-state index contributed by atoms with van der Waals surface area (Å²) in [7, 11) is 2.13. The molecule has 1 aliphatic rings. The Hall–Kier alpha value is 0. The first-order chi connectivity index (χ1) is 10.8. The van der Waals surface area contributed by atoms with Gasteiger partial charge in [0.15, 0.2) is 0 Å². The number of carboxylic acid groups (broad SMARTS) is 2. The Morgan fingerprint density at radius 3 is 2.36 bits per heavy atom. The standard InChI is InChI=1S/C12H19N3OS.C2H2O4.2Na/c1-9(2)8-16-12-11(13-17-14-12)10-5-4-6-15(3)7-10;3-1(4)2(5)6;;/h5,9H,4,6-8H2,1-3H3;(H,3,4)(H,5,6);;/q;;2*+1/p-2. The second-order valence-electron chi connectivity index (χ2n) is 5.45. The van der Waals surface area contributed by atoms with Gasteiger partial charge in [-0.2, -0.15) is 4.37 Å². The van der Waals surface area contributed by atoms with Crippen molar-refractivity contribution >= 4 is 29.2 Å². The molecule has 128 valence electrons. The van der Waals surface area contributed by atoms with Gasteiger partial charge in [-0.25, -0.2) is 0 Å². The Balaban J connectivity index is 0. The molecule has 1 aromatic heterocycles. The minimum absolute atomic E-state index is 0. The maximum Gasteiger partial charge on any atom is 1.00 e. The van der Waals surface area contributed by atoms with Crippen LogP contribution in [0.5, 0.6) is 5.88 Å². The smallest absolute Gasteiger partial charge is 0.543 e. The van der Waals surface area contributed by atoms with Crippen molar-refractivity contribution in [3.05, 3.63) is 11.8 Å². The average Bonchev–Trinajstić information content (AvgIpc) is 2.94. The largest absolute Gasteiger partial charge is 1.00 e. The zero-order chi connectivity index (χ0) is 17.4. The summed E-state index contributed by atoms with van der Waals surface area (Å²) in [6, 6.07) is 0. The molecule has 0 radical (unpaired) electrons. The van der Waals surface area contributed by atoms with Crippen molar-refractivity contribution in [3.63, 3.8) is 0 Å². The van der Waals surface area contributed by atoms with Crippen LogP contribution in [-0.2, 0) is 9.59 Å². The van der Waals surface area contributed by atoms with Crippen LogP contribution in [-0.4, -0.2) is 52.3 Å². The molecule has 0 aromatic carbocycles. The normalized spacial score (nSPS) is 13.5. The summed E-state index contributed by atoms with van der Waals surface area (Å²) in [5.74, 6) is -3.16. The molecule has 25 heavy (non-hydrogen) atoms. The fourth-order valence-corrected chi connectivity index (χ4v) is 2.31. The van der Waals surface area contributed by atoms with E-state index >= 15 is 0 Å². The van der Waals surface area contributed by atoms with Crippen LogP contribution in [0.4, 0.5) is 0 Å². The van der Waals surface area contributed by atoms with Crippen LogP contribution in [0.2, 0.25) is 0 Å². The molecule has 0 atom stereocenters. The summed E-state index contributed by atoms with van der Waals surface area (Å²) in [5.41, 5.74) is 2.17. The molecule has 2 rings (SSSR count). The minimum atomic E-state index is -2.19. The van der Waals surface area contributed by atoms with E-state index in [0.29, 0.717) is 18.4 Å². The van der Waals surface area contributed by atoms with Crippen LogP contribution >= 0.6 is 11.7 Å². The minimum Gasteiger partial charge on any atom is -0.543 e. The summed E-state index contributed by atoms with van der Waals surface area (Å²) in [5, 5.41) is 17.9. The van der Waals surface area contributed by atoms with E-state index < -0.39 is 11.9 Å². The van der Waals surface area contributed by atoms with Crippen LogP contribution in [0, 0.1) is 5.92 Å². The predicted octanol–water partition coefficient (Wildman–Crippen LogP) is -7.21. The molecular weight excluding hydrogens is 368 g/mol. The van der Waals surface area contributed by atoms with E-state index in [1.54, 1.807) is 0 Å². The molecular formula is C14H19N3Na2O5S. The molecule has 1 aromatic rings. The van der Waals surface area contributed by atoms with Gasteiger partial charge in [-0.1, -0.05) is 19.9 Å². The predicted molar refractivity (Wildman–Crippen MR) is 80.3 cm³/mol. The first-order valence-corrected chi connectivity index (χ1v) is 7.80. The summed E-state index contributed by atoms with van der Waals surface area (Å²) in [4.78, 5) is 20.1. The first kappa shape index (κ1) is 27.2. The van der Waals surface area contributed by atoms with E-state index in [1.165, 1.54) is 17.3 Å². The number of carbonyl (C=O) groups is 2. The van der Waals surface area contributed by atoms with Crippen molar-refractivity contribution in [3.8, 4) is 5.88 Å². The zero-order valence-corrected chi connectivity index (χ0v) is 20.1. The fourth-order valence-electron chi connectivity index (χ4n) is 1.78. The van der Waals surface area contributed by atoms with Crippen LogP contribution in [0.15, 0.2) is 6.08 Å². The number of aliphatic carboxylic acids is 2. The summed E-state index contributed by atoms with van der Waals surface area (Å²) < 4.78 is 14.3. The molecule has 0 aliphatic carbocycles. The molecule has 0 bridgehead atoms. The van der Waals surface area contributed by atoms with E-state index in [0.717, 1.165) is 25.2 Å². The molecule has 0 N–H and O–H groups in total. The molecule has 0 amide bonds. The second-order valence-corrected chi connectivity index (χ2v) is 5.98. The summed E-state index contributed by atoms with van der Waals surface area (Å²) in [6.07, 6.45) is 3.33. The van der Waals surface area contributed by atoms with E-state index in [9.17, 15) is 0 Å². The van der Waals surface area contributed by atoms with Crippen LogP contribution in [0.25, 0.3) is 5.57 Å². The van der Waals surface area contributed by atoms with Crippen molar-refractivity contribution in [1.29, 1.82) is 0 Å². The van der Waals surface area contributed by atoms with Gasteiger partial charge in [-0.3, -0.25) is 0 Å². The van der Waals surface area contributed by atoms with Crippen molar-refractivity contribution in [2.75, 3.05) is 26.7 Å². The van der Waals surface area contributed by atoms with Crippen LogP contribution < -0.4 is 74.1 Å². The van der Waals surface area contributed by atoms with Crippen molar-refractivity contribution in [1.82, 2.24) is 13.6 Å². The van der Waals surface area contributed by atoms with Gasteiger partial charge in [0.25, 0.3) is 5.88 Å². The van der Waals surface area contributed by atoms with Crippen LogP contribution in [0.1, 0.15) is 26.0 Å². The summed E-state index contributed by atoms with van der Waals surface area (Å²) >= 11 is 1.23. The van der Waals surface area contributed by atoms with Gasteiger partial charge >= 0.3 is 59.1 Å². The molecule has 8 nitrogen and oxygen atoms in total. The third kappa shape index (κ3) is 10.7. The first-order valence-electron chi connectivity index (χ1n) is 7.06. The number of aromatic nitrogens is 2. The number of rotatable bonds is 4. The number of carboxylic acids is 2. The van der Waals surface area contributed by atoms with Crippen LogP contribution in [0.3, 0.4) is 0 Å². The van der Waals surface area contributed by atoms with Gasteiger partial charge in [0.2, 0.25) is 0 Å². The number of carbonyl (C=O) groups excluding carboxylic acids is 2. The van der Waals surface area contributed by atoms with E-state index in [4.69, 9.17) is 24.5 Å². The van der Waals surface area contributed by atoms with Gasteiger partial charge in [-0.15, -0.1) is 4.37 Å². The molecule has 0 unspecified atom stereocenters. The SMILES string of the molecule is CC(C)COc1nsnc1C1=CCCN(C)C1.O=C([O-])C(=O)[O-].[Na+].[Na+]. The number of nitrogens with zero attached hydrogens (tertiary/aromatic N) is 3. The molecule has 2 heterocycles. The number of ether oxygens (including phenoxy) is 1. The second kappa shape index (κ2) is 14.1. The third-order valence-corrected chi connectivity index (χ3v) is 3.34. The maximum absolute atomic E-state index is 8.93. The molecule has 0 fully saturated rings. The van der Waals surface area contributed by atoms with E-state index in [2.05, 4.69) is 40.6 Å². The molecule has 11 heteroatoms. The van der Waals surface area contributed by atoms with Crippen molar-refractivity contribution in [2.45, 2.75) is 20.3 Å². The van der Waals surface area contributed by atoms with Crippen molar-refractivity contribution in [2.24, 2.45) is 5.92 Å².